The van der Waals surface area contributed by atoms with Crippen molar-refractivity contribution in [2.24, 2.45) is 0 Å². The zero-order chi connectivity index (χ0) is 16.9. The number of hydrogen-bond donors (Lipinski definition) is 2. The van der Waals surface area contributed by atoms with Gasteiger partial charge in [0.2, 0.25) is 0 Å². The van der Waals surface area contributed by atoms with Crippen LogP contribution < -0.4 is 10.6 Å². The van der Waals surface area contributed by atoms with Gasteiger partial charge in [0.15, 0.2) is 0 Å². The van der Waals surface area contributed by atoms with E-state index < -0.39 is 12.1 Å². The number of halogens is 2. The highest BCUT2D eigenvalue weighted by Crippen LogP contribution is 2.26. The lowest BCUT2D eigenvalue weighted by atomic mass is 9.98. The quantitative estimate of drug-likeness (QED) is 0.840. The summed E-state index contributed by atoms with van der Waals surface area (Å²) in [5.41, 5.74) is 1.23. The zero-order valence-electron chi connectivity index (χ0n) is 13.0. The van der Waals surface area contributed by atoms with Gasteiger partial charge in [-0.25, -0.2) is 4.39 Å². The Kier molecular flexibility index (Phi) is 5.60. The number of nitrogens with one attached hydrogen (secondary N) is 2. The van der Waals surface area contributed by atoms with Gasteiger partial charge < -0.3 is 15.4 Å². The molecule has 2 aromatic carbocycles. The molecule has 2 unspecified atom stereocenters. The summed E-state index contributed by atoms with van der Waals surface area (Å²) >= 11 is 3.26. The lowest BCUT2D eigenvalue weighted by Gasteiger charge is -2.26. The number of benzene rings is 2. The summed E-state index contributed by atoms with van der Waals surface area (Å²) in [6, 6.07) is 13.6. The molecule has 1 saturated heterocycles. The average molecular weight is 393 g/mol. The fourth-order valence-electron chi connectivity index (χ4n) is 2.69. The summed E-state index contributed by atoms with van der Waals surface area (Å²) in [6.45, 7) is 1.67. The Morgan fingerprint density at radius 2 is 2.08 bits per heavy atom. The van der Waals surface area contributed by atoms with Gasteiger partial charge in [-0.15, -0.1) is 0 Å². The molecule has 1 heterocycles. The molecule has 1 fully saturated rings. The number of ether oxygens (including phenoxy) is 1. The standard InChI is InChI=1S/C18H18BrFN2O2/c19-13-6-7-14(15(20)10-13)17(12-4-2-1-3-5-12)22-18(23)16-11-21-8-9-24-16/h1-7,10,16-17,21H,8-9,11H2,(H,22,23). The van der Waals surface area contributed by atoms with E-state index in [1.54, 1.807) is 12.1 Å². The summed E-state index contributed by atoms with van der Waals surface area (Å²) < 4.78 is 20.6. The fourth-order valence-corrected chi connectivity index (χ4v) is 3.02. The summed E-state index contributed by atoms with van der Waals surface area (Å²) in [5, 5.41) is 6.04. The van der Waals surface area contributed by atoms with E-state index in [2.05, 4.69) is 26.6 Å². The number of rotatable bonds is 4. The Morgan fingerprint density at radius 1 is 1.29 bits per heavy atom. The highest BCUT2D eigenvalue weighted by molar-refractivity contribution is 9.10. The fraction of sp³-hybridized carbons (Fsp3) is 0.278. The van der Waals surface area contributed by atoms with Crippen LogP contribution in [-0.4, -0.2) is 31.7 Å². The maximum Gasteiger partial charge on any atom is 0.251 e. The first-order valence-electron chi connectivity index (χ1n) is 7.78. The Balaban J connectivity index is 1.89. The minimum Gasteiger partial charge on any atom is -0.366 e. The second kappa shape index (κ2) is 7.88. The second-order valence-corrected chi connectivity index (χ2v) is 6.50. The molecule has 1 amide bonds. The van der Waals surface area contributed by atoms with E-state index >= 15 is 0 Å². The number of amides is 1. The number of carbonyl (C=O) groups is 1. The molecule has 4 nitrogen and oxygen atoms in total. The number of morpholine rings is 1. The van der Waals surface area contributed by atoms with Gasteiger partial charge in [-0.3, -0.25) is 4.79 Å². The molecule has 1 aliphatic rings. The van der Waals surface area contributed by atoms with Crippen molar-refractivity contribution >= 4 is 21.8 Å². The van der Waals surface area contributed by atoms with Crippen LogP contribution >= 0.6 is 15.9 Å². The Morgan fingerprint density at radius 3 is 2.75 bits per heavy atom. The van der Waals surface area contributed by atoms with Gasteiger partial charge in [0.25, 0.3) is 5.91 Å². The molecule has 24 heavy (non-hydrogen) atoms. The minimum absolute atomic E-state index is 0.252. The summed E-state index contributed by atoms with van der Waals surface area (Å²) in [7, 11) is 0. The molecule has 126 valence electrons. The van der Waals surface area contributed by atoms with E-state index in [0.717, 1.165) is 12.1 Å². The molecular weight excluding hydrogens is 375 g/mol. The van der Waals surface area contributed by atoms with Gasteiger partial charge in [0.05, 0.1) is 12.6 Å². The van der Waals surface area contributed by atoms with Crippen LogP contribution in [0.2, 0.25) is 0 Å². The van der Waals surface area contributed by atoms with Crippen LogP contribution in [0, 0.1) is 5.82 Å². The first-order valence-corrected chi connectivity index (χ1v) is 8.57. The van der Waals surface area contributed by atoms with Crippen LogP contribution in [0.5, 0.6) is 0 Å². The van der Waals surface area contributed by atoms with Crippen molar-refractivity contribution in [3.63, 3.8) is 0 Å². The molecule has 2 N–H and O–H groups in total. The van der Waals surface area contributed by atoms with Crippen LogP contribution in [0.15, 0.2) is 53.0 Å². The first-order chi connectivity index (χ1) is 11.6. The topological polar surface area (TPSA) is 50.4 Å². The van der Waals surface area contributed by atoms with Crippen molar-refractivity contribution in [2.75, 3.05) is 19.7 Å². The highest BCUT2D eigenvalue weighted by atomic mass is 79.9. The van der Waals surface area contributed by atoms with E-state index in [4.69, 9.17) is 4.74 Å². The van der Waals surface area contributed by atoms with E-state index in [0.29, 0.717) is 23.2 Å². The summed E-state index contributed by atoms with van der Waals surface area (Å²) in [4.78, 5) is 12.5. The lowest BCUT2D eigenvalue weighted by molar-refractivity contribution is -0.134. The third kappa shape index (κ3) is 4.01. The van der Waals surface area contributed by atoms with Crippen LogP contribution in [0.25, 0.3) is 0 Å². The molecule has 0 spiro atoms. The van der Waals surface area contributed by atoms with Crippen LogP contribution in [-0.2, 0) is 9.53 Å². The smallest absolute Gasteiger partial charge is 0.251 e. The van der Waals surface area contributed by atoms with Crippen molar-refractivity contribution in [2.45, 2.75) is 12.1 Å². The van der Waals surface area contributed by atoms with Gasteiger partial charge in [-0.1, -0.05) is 52.3 Å². The van der Waals surface area contributed by atoms with Crippen LogP contribution in [0.4, 0.5) is 4.39 Å². The first kappa shape index (κ1) is 17.1. The molecule has 2 aromatic rings. The lowest BCUT2D eigenvalue weighted by Crippen LogP contribution is -2.48. The van der Waals surface area contributed by atoms with E-state index in [1.165, 1.54) is 6.07 Å². The van der Waals surface area contributed by atoms with Gasteiger partial charge in [-0.05, 0) is 17.7 Å². The third-order valence-corrected chi connectivity index (χ3v) is 4.41. The minimum atomic E-state index is -0.572. The predicted octanol–water partition coefficient (Wildman–Crippen LogP) is 2.78. The van der Waals surface area contributed by atoms with E-state index in [1.807, 2.05) is 30.3 Å². The van der Waals surface area contributed by atoms with Gasteiger partial charge >= 0.3 is 0 Å². The van der Waals surface area contributed by atoms with Crippen LogP contribution in [0.1, 0.15) is 17.2 Å². The predicted molar refractivity (Wildman–Crippen MR) is 93.1 cm³/mol. The number of carbonyl (C=O) groups excluding carboxylic acids is 1. The van der Waals surface area contributed by atoms with E-state index in [-0.39, 0.29) is 11.7 Å². The molecule has 6 heteroatoms. The molecule has 2 atom stereocenters. The molecule has 0 aliphatic carbocycles. The molecule has 0 radical (unpaired) electrons. The van der Waals surface area contributed by atoms with Crippen molar-refractivity contribution in [1.82, 2.24) is 10.6 Å². The largest absolute Gasteiger partial charge is 0.366 e. The molecule has 0 aromatic heterocycles. The van der Waals surface area contributed by atoms with Gasteiger partial charge in [0, 0.05) is 23.1 Å². The van der Waals surface area contributed by atoms with E-state index in [9.17, 15) is 9.18 Å². The second-order valence-electron chi connectivity index (χ2n) is 5.58. The maximum absolute atomic E-state index is 14.5. The van der Waals surface area contributed by atoms with Gasteiger partial charge in [0.1, 0.15) is 11.9 Å². The third-order valence-electron chi connectivity index (χ3n) is 3.91. The summed E-state index contributed by atoms with van der Waals surface area (Å²) in [6.07, 6.45) is -0.566. The average Bonchev–Trinajstić information content (AvgIpc) is 2.61. The summed E-state index contributed by atoms with van der Waals surface area (Å²) in [5.74, 6) is -0.625. The van der Waals surface area contributed by atoms with Crippen LogP contribution in [0.3, 0.4) is 0 Å². The van der Waals surface area contributed by atoms with Crippen molar-refractivity contribution in [3.8, 4) is 0 Å². The maximum atomic E-state index is 14.5. The monoisotopic (exact) mass is 392 g/mol. The molecule has 0 saturated carbocycles. The normalized spacial score (nSPS) is 18.8. The molecular formula is C18H18BrFN2O2. The Hall–Kier alpha value is -1.76. The van der Waals surface area contributed by atoms with Crippen molar-refractivity contribution < 1.29 is 13.9 Å². The SMILES string of the molecule is O=C(NC(c1ccccc1)c1ccc(Br)cc1F)C1CNCCO1. The Bertz CT molecular complexity index is 705. The zero-order valence-corrected chi connectivity index (χ0v) is 14.6. The van der Waals surface area contributed by atoms with Crippen molar-refractivity contribution in [3.05, 3.63) is 69.9 Å². The highest BCUT2D eigenvalue weighted by Gasteiger charge is 2.26. The molecule has 0 bridgehead atoms. The number of hydrogen-bond acceptors (Lipinski definition) is 3. The van der Waals surface area contributed by atoms with Crippen molar-refractivity contribution in [1.29, 1.82) is 0 Å². The Labute approximate surface area is 148 Å². The van der Waals surface area contributed by atoms with Gasteiger partial charge in [-0.2, -0.15) is 0 Å². The molecule has 3 rings (SSSR count). The molecule has 1 aliphatic heterocycles.